The second-order valence-corrected chi connectivity index (χ2v) is 4.05. The normalized spacial score (nSPS) is 16.9. The van der Waals surface area contributed by atoms with Crippen molar-refractivity contribution < 1.29 is 9.90 Å². The third kappa shape index (κ3) is 1.84. The summed E-state index contributed by atoms with van der Waals surface area (Å²) in [5.41, 5.74) is 0.612. The number of benzene rings is 1. The van der Waals surface area contributed by atoms with E-state index in [-0.39, 0.29) is 5.56 Å². The fourth-order valence-electron chi connectivity index (χ4n) is 1.77. The molecule has 0 heterocycles. The molecule has 1 aromatic carbocycles. The molecular formula is C12H12N2O2. The van der Waals surface area contributed by atoms with Gasteiger partial charge in [-0.25, -0.2) is 4.79 Å². The van der Waals surface area contributed by atoms with Gasteiger partial charge in [-0.1, -0.05) is 0 Å². The van der Waals surface area contributed by atoms with Crippen LogP contribution in [0.2, 0.25) is 0 Å². The Balaban J connectivity index is 2.11. The smallest absolute Gasteiger partial charge is 0.335 e. The molecule has 1 aliphatic carbocycles. The maximum absolute atomic E-state index is 10.6. The topological polar surface area (TPSA) is 73.1 Å². The number of nitrogens with zero attached hydrogens (tertiary/aromatic N) is 1. The summed E-state index contributed by atoms with van der Waals surface area (Å²) in [4.78, 5) is 10.6. The van der Waals surface area contributed by atoms with Crippen molar-refractivity contribution >= 4 is 11.7 Å². The van der Waals surface area contributed by atoms with Crippen molar-refractivity contribution in [2.45, 2.75) is 24.8 Å². The highest BCUT2D eigenvalue weighted by atomic mass is 16.4. The number of carboxylic acids is 1. The van der Waals surface area contributed by atoms with Crippen LogP contribution >= 0.6 is 0 Å². The van der Waals surface area contributed by atoms with Crippen LogP contribution in [0.5, 0.6) is 0 Å². The molecule has 82 valence electrons. The molecule has 0 unspecified atom stereocenters. The molecule has 0 atom stereocenters. The molecule has 2 N–H and O–H groups in total. The fourth-order valence-corrected chi connectivity index (χ4v) is 1.77. The lowest BCUT2D eigenvalue weighted by Crippen LogP contribution is -2.43. The second-order valence-electron chi connectivity index (χ2n) is 4.05. The van der Waals surface area contributed by atoms with E-state index in [1.807, 2.05) is 0 Å². The summed E-state index contributed by atoms with van der Waals surface area (Å²) in [6.07, 6.45) is 2.77. The van der Waals surface area contributed by atoms with Crippen molar-refractivity contribution in [2.75, 3.05) is 5.32 Å². The Kier molecular flexibility index (Phi) is 2.53. The van der Waals surface area contributed by atoms with E-state index in [1.54, 1.807) is 12.1 Å². The summed E-state index contributed by atoms with van der Waals surface area (Å²) in [6, 6.07) is 8.74. The van der Waals surface area contributed by atoms with Crippen molar-refractivity contribution in [1.29, 1.82) is 5.26 Å². The van der Waals surface area contributed by atoms with E-state index in [2.05, 4.69) is 11.4 Å². The molecular weight excluding hydrogens is 204 g/mol. The van der Waals surface area contributed by atoms with Gasteiger partial charge in [-0.05, 0) is 43.5 Å². The lowest BCUT2D eigenvalue weighted by molar-refractivity contribution is 0.0697. The number of anilines is 1. The lowest BCUT2D eigenvalue weighted by Gasteiger charge is -2.36. The van der Waals surface area contributed by atoms with E-state index in [4.69, 9.17) is 10.4 Å². The van der Waals surface area contributed by atoms with Crippen LogP contribution in [0.15, 0.2) is 24.3 Å². The number of aromatic carboxylic acids is 1. The third-order valence-corrected chi connectivity index (χ3v) is 2.94. The summed E-state index contributed by atoms with van der Waals surface area (Å²) in [7, 11) is 0. The van der Waals surface area contributed by atoms with Gasteiger partial charge in [-0.3, -0.25) is 0 Å². The number of carbonyl (C=O) groups is 1. The summed E-state index contributed by atoms with van der Waals surface area (Å²) < 4.78 is 0. The van der Waals surface area contributed by atoms with E-state index < -0.39 is 11.5 Å². The first-order valence-corrected chi connectivity index (χ1v) is 5.18. The van der Waals surface area contributed by atoms with Crippen LogP contribution in [0.3, 0.4) is 0 Å². The highest BCUT2D eigenvalue weighted by molar-refractivity contribution is 5.88. The van der Waals surface area contributed by atoms with Crippen molar-refractivity contribution in [3.63, 3.8) is 0 Å². The molecule has 0 radical (unpaired) electrons. The van der Waals surface area contributed by atoms with Gasteiger partial charge in [0, 0.05) is 5.69 Å². The monoisotopic (exact) mass is 216 g/mol. The van der Waals surface area contributed by atoms with Crippen LogP contribution in [0.4, 0.5) is 5.69 Å². The molecule has 0 saturated heterocycles. The number of nitriles is 1. The minimum atomic E-state index is -0.940. The van der Waals surface area contributed by atoms with E-state index in [0.717, 1.165) is 24.9 Å². The fraction of sp³-hybridized carbons (Fsp3) is 0.333. The predicted octanol–water partition coefficient (Wildman–Crippen LogP) is 2.24. The molecule has 1 fully saturated rings. The zero-order valence-electron chi connectivity index (χ0n) is 8.73. The minimum Gasteiger partial charge on any atom is -0.478 e. The Labute approximate surface area is 93.5 Å². The number of rotatable bonds is 3. The first-order chi connectivity index (χ1) is 7.65. The standard InChI is InChI=1S/C12H12N2O2/c13-8-12(6-1-7-12)14-10-4-2-9(3-5-10)11(15)16/h2-5,14H,1,6-7H2,(H,15,16). The summed E-state index contributed by atoms with van der Waals surface area (Å²) in [5.74, 6) is -0.940. The van der Waals surface area contributed by atoms with Crippen LogP contribution < -0.4 is 5.32 Å². The van der Waals surface area contributed by atoms with Gasteiger partial charge in [0.1, 0.15) is 5.54 Å². The van der Waals surface area contributed by atoms with Gasteiger partial charge >= 0.3 is 5.97 Å². The molecule has 1 aliphatic rings. The quantitative estimate of drug-likeness (QED) is 0.812. The van der Waals surface area contributed by atoms with Gasteiger partial charge in [0.2, 0.25) is 0 Å². The maximum atomic E-state index is 10.6. The number of hydrogen-bond acceptors (Lipinski definition) is 3. The average Bonchev–Trinajstić information content (AvgIpc) is 2.24. The Hall–Kier alpha value is -2.02. The van der Waals surface area contributed by atoms with Crippen LogP contribution in [0.1, 0.15) is 29.6 Å². The van der Waals surface area contributed by atoms with Crippen LogP contribution in [-0.4, -0.2) is 16.6 Å². The number of hydrogen-bond donors (Lipinski definition) is 2. The van der Waals surface area contributed by atoms with E-state index in [0.29, 0.717) is 0 Å². The predicted molar refractivity (Wildman–Crippen MR) is 59.2 cm³/mol. The molecule has 0 amide bonds. The second kappa shape index (κ2) is 3.86. The summed E-state index contributed by atoms with van der Waals surface area (Å²) in [5, 5.41) is 20.9. The van der Waals surface area contributed by atoms with Crippen LogP contribution in [0, 0.1) is 11.3 Å². The lowest BCUT2D eigenvalue weighted by atomic mass is 9.78. The Bertz CT molecular complexity index is 441. The first-order valence-electron chi connectivity index (χ1n) is 5.18. The maximum Gasteiger partial charge on any atom is 0.335 e. The van der Waals surface area contributed by atoms with E-state index in [1.165, 1.54) is 12.1 Å². The third-order valence-electron chi connectivity index (χ3n) is 2.94. The molecule has 0 bridgehead atoms. The number of carboxylic acid groups (broad SMARTS) is 1. The Morgan fingerprint density at radius 3 is 2.38 bits per heavy atom. The molecule has 0 aliphatic heterocycles. The molecule has 1 aromatic rings. The van der Waals surface area contributed by atoms with Gasteiger partial charge in [0.05, 0.1) is 11.6 Å². The summed E-state index contributed by atoms with van der Waals surface area (Å²) in [6.45, 7) is 0. The van der Waals surface area contributed by atoms with Crippen molar-refractivity contribution in [3.05, 3.63) is 29.8 Å². The largest absolute Gasteiger partial charge is 0.478 e. The molecule has 0 aromatic heterocycles. The van der Waals surface area contributed by atoms with Crippen LogP contribution in [0.25, 0.3) is 0 Å². The Morgan fingerprint density at radius 2 is 2.00 bits per heavy atom. The van der Waals surface area contributed by atoms with Crippen molar-refractivity contribution in [3.8, 4) is 6.07 Å². The van der Waals surface area contributed by atoms with Gasteiger partial charge in [0.25, 0.3) is 0 Å². The first kappa shape index (κ1) is 10.5. The molecule has 4 nitrogen and oxygen atoms in total. The molecule has 4 heteroatoms. The molecule has 2 rings (SSSR count). The number of nitrogens with one attached hydrogen (secondary N) is 1. The average molecular weight is 216 g/mol. The van der Waals surface area contributed by atoms with Crippen molar-refractivity contribution in [1.82, 2.24) is 0 Å². The SMILES string of the molecule is N#CC1(Nc2ccc(C(=O)O)cc2)CCC1. The zero-order chi connectivity index (χ0) is 11.6. The van der Waals surface area contributed by atoms with E-state index in [9.17, 15) is 4.79 Å². The minimum absolute atomic E-state index is 0.255. The zero-order valence-corrected chi connectivity index (χ0v) is 8.73. The molecule has 16 heavy (non-hydrogen) atoms. The van der Waals surface area contributed by atoms with E-state index >= 15 is 0 Å². The van der Waals surface area contributed by atoms with Gasteiger partial charge < -0.3 is 10.4 Å². The molecule has 1 saturated carbocycles. The molecule has 0 spiro atoms. The highest BCUT2D eigenvalue weighted by Gasteiger charge is 2.36. The highest BCUT2D eigenvalue weighted by Crippen LogP contribution is 2.34. The van der Waals surface area contributed by atoms with Crippen molar-refractivity contribution in [2.24, 2.45) is 0 Å². The Morgan fingerprint density at radius 1 is 1.38 bits per heavy atom. The summed E-state index contributed by atoms with van der Waals surface area (Å²) >= 11 is 0. The van der Waals surface area contributed by atoms with Crippen LogP contribution in [-0.2, 0) is 0 Å². The van der Waals surface area contributed by atoms with Gasteiger partial charge in [-0.2, -0.15) is 5.26 Å². The van der Waals surface area contributed by atoms with Gasteiger partial charge in [0.15, 0.2) is 0 Å². The van der Waals surface area contributed by atoms with Gasteiger partial charge in [-0.15, -0.1) is 0 Å².